The van der Waals surface area contributed by atoms with E-state index in [1.807, 2.05) is 12.1 Å². The van der Waals surface area contributed by atoms with E-state index < -0.39 is 5.91 Å². The van der Waals surface area contributed by atoms with Gasteiger partial charge in [0.25, 0.3) is 5.91 Å². The molecule has 0 saturated carbocycles. The van der Waals surface area contributed by atoms with Crippen LogP contribution in [0.3, 0.4) is 0 Å². The van der Waals surface area contributed by atoms with Crippen LogP contribution in [0.1, 0.15) is 10.4 Å². The Morgan fingerprint density at radius 3 is 2.76 bits per heavy atom. The lowest BCUT2D eigenvalue weighted by Crippen LogP contribution is -2.16. The number of hydrogen-bond donors (Lipinski definition) is 2. The third-order valence-corrected chi connectivity index (χ3v) is 2.91. The van der Waals surface area contributed by atoms with E-state index in [1.165, 1.54) is 11.0 Å². The van der Waals surface area contributed by atoms with Gasteiger partial charge in [-0.1, -0.05) is 12.1 Å². The van der Waals surface area contributed by atoms with Gasteiger partial charge in [0.2, 0.25) is 0 Å². The van der Waals surface area contributed by atoms with E-state index in [0.29, 0.717) is 17.3 Å². The summed E-state index contributed by atoms with van der Waals surface area (Å²) in [5.74, 6) is 0.259. The van der Waals surface area contributed by atoms with E-state index in [1.54, 1.807) is 30.5 Å². The smallest absolute Gasteiger partial charge is 0.252 e. The zero-order valence-corrected chi connectivity index (χ0v) is 11.0. The lowest BCUT2D eigenvalue weighted by molar-refractivity contribution is 0.1000. The van der Waals surface area contributed by atoms with Crippen LogP contribution in [0.2, 0.25) is 0 Å². The predicted octanol–water partition coefficient (Wildman–Crippen LogP) is 1.01. The quantitative estimate of drug-likeness (QED) is 0.695. The summed E-state index contributed by atoms with van der Waals surface area (Å²) in [4.78, 5) is 19.8. The lowest BCUT2D eigenvalue weighted by Gasteiger charge is -2.03. The molecule has 2 aromatic heterocycles. The van der Waals surface area contributed by atoms with Gasteiger partial charge in [0.05, 0.1) is 5.56 Å². The normalized spacial score (nSPS) is 10.5. The van der Waals surface area contributed by atoms with Crippen molar-refractivity contribution in [1.29, 1.82) is 0 Å². The molecule has 0 saturated heterocycles. The fourth-order valence-corrected chi connectivity index (χ4v) is 1.95. The number of carbonyl (C=O) groups is 1. The zero-order valence-electron chi connectivity index (χ0n) is 11.0. The van der Waals surface area contributed by atoms with Crippen molar-refractivity contribution in [2.24, 2.45) is 5.73 Å². The second-order valence-electron chi connectivity index (χ2n) is 4.38. The third kappa shape index (κ3) is 2.44. The van der Waals surface area contributed by atoms with Crippen LogP contribution in [0.5, 0.6) is 0 Å². The first-order valence-electron chi connectivity index (χ1n) is 6.18. The fraction of sp³-hybridized carbons (Fsp3) is 0. The van der Waals surface area contributed by atoms with Gasteiger partial charge in [0.1, 0.15) is 6.33 Å². The Balaban J connectivity index is 2.05. The topological polar surface area (TPSA) is 113 Å². The van der Waals surface area contributed by atoms with Gasteiger partial charge in [-0.25, -0.2) is 14.6 Å². The van der Waals surface area contributed by atoms with E-state index in [-0.39, 0.29) is 5.56 Å². The van der Waals surface area contributed by atoms with Gasteiger partial charge < -0.3 is 11.5 Å². The molecule has 4 N–H and O–H groups in total. The standard InChI is InChI=1S/C14H12N6O/c15-10-4-1-3-9(7-10)13-18-8-20(19-13)14-11(12(16)21)5-2-6-17-14/h1-8H,15H2,(H2,16,21). The summed E-state index contributed by atoms with van der Waals surface area (Å²) >= 11 is 0. The van der Waals surface area contributed by atoms with Crippen LogP contribution < -0.4 is 11.5 Å². The first kappa shape index (κ1) is 12.8. The summed E-state index contributed by atoms with van der Waals surface area (Å²) in [5.41, 5.74) is 12.8. The van der Waals surface area contributed by atoms with Crippen molar-refractivity contribution in [3.8, 4) is 17.2 Å². The maximum Gasteiger partial charge on any atom is 0.252 e. The van der Waals surface area contributed by atoms with Crippen molar-refractivity contribution in [3.05, 3.63) is 54.5 Å². The minimum atomic E-state index is -0.570. The van der Waals surface area contributed by atoms with Crippen molar-refractivity contribution in [2.45, 2.75) is 0 Å². The van der Waals surface area contributed by atoms with Crippen LogP contribution in [-0.2, 0) is 0 Å². The summed E-state index contributed by atoms with van der Waals surface area (Å²) in [7, 11) is 0. The van der Waals surface area contributed by atoms with E-state index in [2.05, 4.69) is 15.1 Å². The number of hydrogen-bond acceptors (Lipinski definition) is 5. The van der Waals surface area contributed by atoms with Crippen LogP contribution in [0, 0.1) is 0 Å². The van der Waals surface area contributed by atoms with Gasteiger partial charge in [0.15, 0.2) is 11.6 Å². The van der Waals surface area contributed by atoms with Gasteiger partial charge >= 0.3 is 0 Å². The van der Waals surface area contributed by atoms with Crippen LogP contribution >= 0.6 is 0 Å². The maximum absolute atomic E-state index is 11.4. The number of benzene rings is 1. The highest BCUT2D eigenvalue weighted by atomic mass is 16.1. The van der Waals surface area contributed by atoms with Crippen molar-refractivity contribution in [3.63, 3.8) is 0 Å². The second kappa shape index (κ2) is 5.04. The zero-order chi connectivity index (χ0) is 14.8. The predicted molar refractivity (Wildman–Crippen MR) is 77.5 cm³/mol. The Bertz CT molecular complexity index is 810. The first-order chi connectivity index (χ1) is 10.1. The molecule has 104 valence electrons. The molecule has 1 amide bonds. The Labute approximate surface area is 120 Å². The molecule has 0 aliphatic heterocycles. The number of primary amides is 1. The number of amides is 1. The number of nitrogens with two attached hydrogens (primary N) is 2. The number of nitrogen functional groups attached to an aromatic ring is 1. The molecule has 3 rings (SSSR count). The van der Waals surface area contributed by atoms with Crippen LogP contribution in [0.15, 0.2) is 48.9 Å². The molecule has 0 fully saturated rings. The molecule has 0 radical (unpaired) electrons. The Hall–Kier alpha value is -3.22. The number of aromatic nitrogens is 4. The summed E-state index contributed by atoms with van der Waals surface area (Å²) in [6.45, 7) is 0. The van der Waals surface area contributed by atoms with Crippen molar-refractivity contribution in [1.82, 2.24) is 19.7 Å². The monoisotopic (exact) mass is 280 g/mol. The molecule has 0 aliphatic rings. The highest BCUT2D eigenvalue weighted by Gasteiger charge is 2.13. The molecule has 0 spiro atoms. The molecule has 7 nitrogen and oxygen atoms in total. The number of rotatable bonds is 3. The van der Waals surface area contributed by atoms with Crippen molar-refractivity contribution < 1.29 is 4.79 Å². The molecule has 0 unspecified atom stereocenters. The van der Waals surface area contributed by atoms with Crippen LogP contribution in [0.4, 0.5) is 5.69 Å². The van der Waals surface area contributed by atoms with Crippen molar-refractivity contribution >= 4 is 11.6 Å². The van der Waals surface area contributed by atoms with E-state index in [4.69, 9.17) is 11.5 Å². The minimum Gasteiger partial charge on any atom is -0.399 e. The van der Waals surface area contributed by atoms with E-state index in [9.17, 15) is 4.79 Å². The van der Waals surface area contributed by atoms with Gasteiger partial charge in [-0.05, 0) is 24.3 Å². The molecular formula is C14H12N6O. The SMILES string of the molecule is NC(=O)c1cccnc1-n1cnc(-c2cccc(N)c2)n1. The summed E-state index contributed by atoms with van der Waals surface area (Å²) in [6.07, 6.45) is 3.04. The summed E-state index contributed by atoms with van der Waals surface area (Å²) in [5, 5.41) is 4.31. The van der Waals surface area contributed by atoms with Gasteiger partial charge in [0, 0.05) is 17.4 Å². The molecule has 0 aliphatic carbocycles. The lowest BCUT2D eigenvalue weighted by atomic mass is 10.2. The first-order valence-corrected chi connectivity index (χ1v) is 6.18. The molecular weight excluding hydrogens is 268 g/mol. The van der Waals surface area contributed by atoms with E-state index >= 15 is 0 Å². The molecule has 7 heteroatoms. The molecule has 3 aromatic rings. The number of pyridine rings is 1. The maximum atomic E-state index is 11.4. The fourth-order valence-electron chi connectivity index (χ4n) is 1.95. The third-order valence-electron chi connectivity index (χ3n) is 2.91. The van der Waals surface area contributed by atoms with Gasteiger partial charge in [-0.3, -0.25) is 4.79 Å². The Morgan fingerprint density at radius 1 is 1.14 bits per heavy atom. The Morgan fingerprint density at radius 2 is 2.00 bits per heavy atom. The molecule has 2 heterocycles. The molecule has 21 heavy (non-hydrogen) atoms. The van der Waals surface area contributed by atoms with E-state index in [0.717, 1.165) is 5.56 Å². The highest BCUT2D eigenvalue weighted by molar-refractivity contribution is 5.95. The summed E-state index contributed by atoms with van der Waals surface area (Å²) in [6, 6.07) is 10.5. The highest BCUT2D eigenvalue weighted by Crippen LogP contribution is 2.18. The van der Waals surface area contributed by atoms with Crippen LogP contribution in [-0.4, -0.2) is 25.7 Å². The van der Waals surface area contributed by atoms with Gasteiger partial charge in [-0.15, -0.1) is 5.10 Å². The average Bonchev–Trinajstić information content (AvgIpc) is 2.97. The Kier molecular flexibility index (Phi) is 3.07. The molecule has 0 atom stereocenters. The molecule has 1 aromatic carbocycles. The average molecular weight is 280 g/mol. The minimum absolute atomic E-state index is 0.279. The largest absolute Gasteiger partial charge is 0.399 e. The number of anilines is 1. The number of carbonyl (C=O) groups excluding carboxylic acids is 1. The molecule has 0 bridgehead atoms. The van der Waals surface area contributed by atoms with Crippen LogP contribution in [0.25, 0.3) is 17.2 Å². The van der Waals surface area contributed by atoms with Gasteiger partial charge in [-0.2, -0.15) is 0 Å². The van der Waals surface area contributed by atoms with Crippen molar-refractivity contribution in [2.75, 3.05) is 5.73 Å². The second-order valence-corrected chi connectivity index (χ2v) is 4.38. The number of nitrogens with zero attached hydrogens (tertiary/aromatic N) is 4. The summed E-state index contributed by atoms with van der Waals surface area (Å²) < 4.78 is 1.42.